The average molecular weight is 471 g/mol. The summed E-state index contributed by atoms with van der Waals surface area (Å²) in [5, 5.41) is 11.2. The summed E-state index contributed by atoms with van der Waals surface area (Å²) in [5.74, 6) is 0.0381. The molecular formula is C26H32ClFN4O. The van der Waals surface area contributed by atoms with Crippen molar-refractivity contribution in [2.45, 2.75) is 45.1 Å². The first-order valence-electron chi connectivity index (χ1n) is 11.7. The number of nitrogens with one attached hydrogen (secondary N) is 1. The molecule has 1 aliphatic carbocycles. The standard InChI is InChI=1S/C19H27ClFN3O.C7H5N/c1-14-5-4-6-18(14)24(12-11-23-9-2-3-10-23)19(25)22-15-7-8-17(21)16(20)13-15;8-6-7-4-2-1-3-5-7/h7-8,13-14,18H,2-6,9-12H2,1H3,(H,22,25);1-5H. The van der Waals surface area contributed by atoms with Crippen LogP contribution >= 0.6 is 11.6 Å². The molecule has 176 valence electrons. The fourth-order valence-electron chi connectivity index (χ4n) is 4.54. The fourth-order valence-corrected chi connectivity index (χ4v) is 4.72. The third-order valence-electron chi connectivity index (χ3n) is 6.41. The molecule has 2 aromatic carbocycles. The van der Waals surface area contributed by atoms with Gasteiger partial charge < -0.3 is 15.1 Å². The molecule has 0 aromatic heterocycles. The van der Waals surface area contributed by atoms with Crippen LogP contribution in [0.1, 0.15) is 44.6 Å². The molecule has 2 amide bonds. The van der Waals surface area contributed by atoms with Gasteiger partial charge in [-0.15, -0.1) is 0 Å². The quantitative estimate of drug-likeness (QED) is 0.569. The maximum absolute atomic E-state index is 13.3. The van der Waals surface area contributed by atoms with Gasteiger partial charge in [-0.25, -0.2) is 9.18 Å². The molecule has 1 saturated heterocycles. The first-order valence-corrected chi connectivity index (χ1v) is 12.1. The lowest BCUT2D eigenvalue weighted by atomic mass is 10.0. The number of amides is 2. The number of rotatable bonds is 5. The van der Waals surface area contributed by atoms with Gasteiger partial charge in [0.2, 0.25) is 0 Å². The van der Waals surface area contributed by atoms with Crippen LogP contribution in [0.15, 0.2) is 48.5 Å². The molecule has 33 heavy (non-hydrogen) atoms. The lowest BCUT2D eigenvalue weighted by molar-refractivity contribution is 0.161. The number of likely N-dealkylation sites (tertiary alicyclic amines) is 1. The van der Waals surface area contributed by atoms with Crippen molar-refractivity contribution < 1.29 is 9.18 Å². The summed E-state index contributed by atoms with van der Waals surface area (Å²) in [5.41, 5.74) is 1.25. The molecule has 0 radical (unpaired) electrons. The summed E-state index contributed by atoms with van der Waals surface area (Å²) < 4.78 is 13.3. The Bertz CT molecular complexity index is 943. The van der Waals surface area contributed by atoms with Crippen LogP contribution in [0, 0.1) is 23.1 Å². The molecule has 1 saturated carbocycles. The zero-order valence-corrected chi connectivity index (χ0v) is 19.9. The second-order valence-corrected chi connectivity index (χ2v) is 9.16. The van der Waals surface area contributed by atoms with Crippen LogP contribution in [0.3, 0.4) is 0 Å². The Hall–Kier alpha value is -2.62. The van der Waals surface area contributed by atoms with Gasteiger partial charge in [0.15, 0.2) is 0 Å². The number of benzene rings is 2. The minimum absolute atomic E-state index is 0.0238. The molecule has 2 fully saturated rings. The van der Waals surface area contributed by atoms with E-state index >= 15 is 0 Å². The molecule has 0 bridgehead atoms. The second kappa shape index (κ2) is 12.6. The number of hydrogen-bond donors (Lipinski definition) is 1. The molecule has 2 atom stereocenters. The van der Waals surface area contributed by atoms with Gasteiger partial charge in [0.25, 0.3) is 0 Å². The maximum Gasteiger partial charge on any atom is 0.322 e. The highest BCUT2D eigenvalue weighted by molar-refractivity contribution is 6.31. The number of carbonyl (C=O) groups is 1. The molecule has 2 aliphatic rings. The van der Waals surface area contributed by atoms with E-state index in [0.29, 0.717) is 17.2 Å². The predicted octanol–water partition coefficient (Wildman–Crippen LogP) is 6.16. The Balaban J connectivity index is 0.000000323. The van der Waals surface area contributed by atoms with Gasteiger partial charge in [-0.2, -0.15) is 5.26 Å². The van der Waals surface area contributed by atoms with Crippen LogP contribution in [-0.2, 0) is 0 Å². The van der Waals surface area contributed by atoms with E-state index in [1.165, 1.54) is 37.8 Å². The Kier molecular flexibility index (Phi) is 9.53. The van der Waals surface area contributed by atoms with Crippen LogP contribution < -0.4 is 5.32 Å². The van der Waals surface area contributed by atoms with Crippen LogP contribution in [0.2, 0.25) is 5.02 Å². The van der Waals surface area contributed by atoms with Gasteiger partial charge in [-0.1, -0.05) is 43.1 Å². The summed E-state index contributed by atoms with van der Waals surface area (Å²) in [7, 11) is 0. The van der Waals surface area contributed by atoms with Gasteiger partial charge in [0.05, 0.1) is 16.7 Å². The van der Waals surface area contributed by atoms with Crippen molar-refractivity contribution in [1.29, 1.82) is 5.26 Å². The molecular weight excluding hydrogens is 439 g/mol. The van der Waals surface area contributed by atoms with Crippen molar-refractivity contribution in [2.24, 2.45) is 5.92 Å². The van der Waals surface area contributed by atoms with E-state index in [4.69, 9.17) is 16.9 Å². The normalized spacial score (nSPS) is 19.9. The van der Waals surface area contributed by atoms with Crippen molar-refractivity contribution in [3.8, 4) is 6.07 Å². The Labute approximate surface area is 201 Å². The summed E-state index contributed by atoms with van der Waals surface area (Å²) in [6.45, 7) is 6.13. The van der Waals surface area contributed by atoms with Crippen molar-refractivity contribution in [3.63, 3.8) is 0 Å². The van der Waals surface area contributed by atoms with Crippen LogP contribution in [0.25, 0.3) is 0 Å². The predicted molar refractivity (Wildman–Crippen MR) is 131 cm³/mol. The Morgan fingerprint density at radius 1 is 1.18 bits per heavy atom. The molecule has 1 N–H and O–H groups in total. The number of halogens is 2. The number of urea groups is 1. The molecule has 2 aromatic rings. The fraction of sp³-hybridized carbons (Fsp3) is 0.462. The smallest absolute Gasteiger partial charge is 0.320 e. The number of nitriles is 1. The zero-order chi connectivity index (χ0) is 23.6. The SMILES string of the molecule is CC1CCCC1N(CCN1CCCC1)C(=O)Nc1ccc(F)c(Cl)c1.N#Cc1ccccc1. The van der Waals surface area contributed by atoms with E-state index in [1.54, 1.807) is 18.2 Å². The van der Waals surface area contributed by atoms with Crippen molar-refractivity contribution >= 4 is 23.3 Å². The molecule has 5 nitrogen and oxygen atoms in total. The number of anilines is 1. The van der Waals surface area contributed by atoms with Crippen molar-refractivity contribution in [1.82, 2.24) is 9.80 Å². The molecule has 4 rings (SSSR count). The van der Waals surface area contributed by atoms with Gasteiger partial charge in [0.1, 0.15) is 5.82 Å². The third-order valence-corrected chi connectivity index (χ3v) is 6.70. The van der Waals surface area contributed by atoms with Crippen LogP contribution in [0.5, 0.6) is 0 Å². The van der Waals surface area contributed by atoms with Crippen LogP contribution in [0.4, 0.5) is 14.9 Å². The Morgan fingerprint density at radius 2 is 1.91 bits per heavy atom. The largest absolute Gasteiger partial charge is 0.322 e. The first kappa shape index (κ1) is 25.0. The molecule has 2 unspecified atom stereocenters. The van der Waals surface area contributed by atoms with Crippen molar-refractivity contribution in [3.05, 3.63) is 64.9 Å². The summed E-state index contributed by atoms with van der Waals surface area (Å²) >= 11 is 5.83. The van der Waals surface area contributed by atoms with E-state index in [1.807, 2.05) is 29.2 Å². The van der Waals surface area contributed by atoms with Gasteiger partial charge in [0, 0.05) is 24.8 Å². The van der Waals surface area contributed by atoms with E-state index < -0.39 is 5.82 Å². The maximum atomic E-state index is 13.3. The zero-order valence-electron chi connectivity index (χ0n) is 19.1. The average Bonchev–Trinajstić information content (AvgIpc) is 3.50. The van der Waals surface area contributed by atoms with E-state index in [9.17, 15) is 9.18 Å². The topological polar surface area (TPSA) is 59.4 Å². The second-order valence-electron chi connectivity index (χ2n) is 8.75. The summed E-state index contributed by atoms with van der Waals surface area (Å²) in [4.78, 5) is 17.3. The molecule has 7 heteroatoms. The lowest BCUT2D eigenvalue weighted by Gasteiger charge is -2.33. The minimum Gasteiger partial charge on any atom is -0.320 e. The minimum atomic E-state index is -0.477. The van der Waals surface area contributed by atoms with Gasteiger partial charge in [-0.3, -0.25) is 0 Å². The highest BCUT2D eigenvalue weighted by Gasteiger charge is 2.32. The molecule has 0 spiro atoms. The van der Waals surface area contributed by atoms with E-state index in [0.717, 1.165) is 32.6 Å². The van der Waals surface area contributed by atoms with Gasteiger partial charge in [-0.05, 0) is 75.0 Å². The lowest BCUT2D eigenvalue weighted by Crippen LogP contribution is -2.47. The highest BCUT2D eigenvalue weighted by Crippen LogP contribution is 2.30. The van der Waals surface area contributed by atoms with Crippen molar-refractivity contribution in [2.75, 3.05) is 31.5 Å². The molecule has 1 heterocycles. The highest BCUT2D eigenvalue weighted by atomic mass is 35.5. The van der Waals surface area contributed by atoms with E-state index in [2.05, 4.69) is 17.1 Å². The van der Waals surface area contributed by atoms with Crippen LogP contribution in [-0.4, -0.2) is 48.1 Å². The molecule has 1 aliphatic heterocycles. The number of carbonyl (C=O) groups excluding carboxylic acids is 1. The summed E-state index contributed by atoms with van der Waals surface area (Å²) in [6.07, 6.45) is 5.89. The van der Waals surface area contributed by atoms with E-state index in [-0.39, 0.29) is 17.1 Å². The number of hydrogen-bond acceptors (Lipinski definition) is 3. The first-order chi connectivity index (χ1) is 16.0. The van der Waals surface area contributed by atoms with Gasteiger partial charge >= 0.3 is 6.03 Å². The summed E-state index contributed by atoms with van der Waals surface area (Å²) in [6, 6.07) is 15.6. The third kappa shape index (κ3) is 7.45. The monoisotopic (exact) mass is 470 g/mol. The number of nitrogens with zero attached hydrogens (tertiary/aromatic N) is 3. The Morgan fingerprint density at radius 3 is 2.48 bits per heavy atom.